The van der Waals surface area contributed by atoms with E-state index in [1.165, 1.54) is 11.3 Å². The van der Waals surface area contributed by atoms with Crippen LogP contribution in [0.2, 0.25) is 0 Å². The Morgan fingerprint density at radius 3 is 2.62 bits per heavy atom. The van der Waals surface area contributed by atoms with E-state index in [0.29, 0.717) is 13.2 Å². The molecule has 3 nitrogen and oxygen atoms in total. The van der Waals surface area contributed by atoms with Gasteiger partial charge in [-0.1, -0.05) is 28.1 Å². The van der Waals surface area contributed by atoms with Gasteiger partial charge in [-0.15, -0.1) is 11.3 Å². The molecule has 0 spiro atoms. The van der Waals surface area contributed by atoms with E-state index in [0.717, 1.165) is 26.2 Å². The highest BCUT2D eigenvalue weighted by Crippen LogP contribution is 2.29. The molecule has 21 heavy (non-hydrogen) atoms. The Bertz CT molecular complexity index is 595. The van der Waals surface area contributed by atoms with E-state index in [-0.39, 0.29) is 5.91 Å². The van der Waals surface area contributed by atoms with Crippen LogP contribution in [0.5, 0.6) is 0 Å². The van der Waals surface area contributed by atoms with Crippen LogP contribution < -0.4 is 0 Å². The third kappa shape index (κ3) is 4.40. The third-order valence-electron chi connectivity index (χ3n) is 3.13. The summed E-state index contributed by atoms with van der Waals surface area (Å²) in [5, 5.41) is 0. The van der Waals surface area contributed by atoms with Crippen LogP contribution in [0.1, 0.15) is 16.1 Å². The fraction of sp³-hybridized carbons (Fsp3) is 0.312. The molecular weight excluding hydrogens is 350 g/mol. The summed E-state index contributed by atoms with van der Waals surface area (Å²) in [5.74, 6) is 0.0689. The normalized spacial score (nSPS) is 10.6. The Hall–Kier alpha value is -1.17. The quantitative estimate of drug-likeness (QED) is 0.712. The van der Waals surface area contributed by atoms with Crippen molar-refractivity contribution < 1.29 is 9.53 Å². The predicted octanol–water partition coefficient (Wildman–Crippen LogP) is 4.29. The van der Waals surface area contributed by atoms with E-state index in [2.05, 4.69) is 15.9 Å². The van der Waals surface area contributed by atoms with Crippen LogP contribution in [0.15, 0.2) is 40.9 Å². The topological polar surface area (TPSA) is 29.5 Å². The maximum atomic E-state index is 12.3. The van der Waals surface area contributed by atoms with Gasteiger partial charge >= 0.3 is 0 Å². The van der Waals surface area contributed by atoms with Crippen molar-refractivity contribution in [2.45, 2.75) is 6.42 Å². The molecule has 0 aliphatic heterocycles. The first-order chi connectivity index (χ1) is 10.1. The molecular formula is C16H18BrNO2S. The van der Waals surface area contributed by atoms with Crippen molar-refractivity contribution in [2.24, 2.45) is 0 Å². The SMILES string of the molecule is COCCCN(C)C(=O)c1ccc(-c2ccc(Br)cc2)s1. The van der Waals surface area contributed by atoms with Gasteiger partial charge in [0.05, 0.1) is 4.88 Å². The first-order valence-corrected chi connectivity index (χ1v) is 8.33. The fourth-order valence-corrected chi connectivity index (χ4v) is 3.23. The Morgan fingerprint density at radius 1 is 1.24 bits per heavy atom. The average molecular weight is 368 g/mol. The van der Waals surface area contributed by atoms with Gasteiger partial charge in [0.15, 0.2) is 0 Å². The second-order valence-corrected chi connectivity index (χ2v) is 6.74. The summed E-state index contributed by atoms with van der Waals surface area (Å²) in [6.07, 6.45) is 0.851. The largest absolute Gasteiger partial charge is 0.385 e. The molecule has 1 aromatic carbocycles. The summed E-state index contributed by atoms with van der Waals surface area (Å²) in [6.45, 7) is 1.38. The zero-order chi connectivity index (χ0) is 15.2. The van der Waals surface area contributed by atoms with Crippen molar-refractivity contribution in [3.63, 3.8) is 0 Å². The van der Waals surface area contributed by atoms with E-state index in [1.54, 1.807) is 12.0 Å². The van der Waals surface area contributed by atoms with Crippen molar-refractivity contribution >= 4 is 33.2 Å². The number of carbonyl (C=O) groups is 1. The highest BCUT2D eigenvalue weighted by molar-refractivity contribution is 9.10. The molecule has 0 aliphatic rings. The standard InChI is InChI=1S/C16H18BrNO2S/c1-18(10-3-11-20-2)16(19)15-9-8-14(21-15)12-4-6-13(17)7-5-12/h4-9H,3,10-11H2,1-2H3. The minimum absolute atomic E-state index is 0.0689. The van der Waals surface area contributed by atoms with Crippen molar-refractivity contribution in [1.29, 1.82) is 0 Å². The molecule has 112 valence electrons. The fourth-order valence-electron chi connectivity index (χ4n) is 1.96. The van der Waals surface area contributed by atoms with E-state index < -0.39 is 0 Å². The number of ether oxygens (including phenoxy) is 1. The van der Waals surface area contributed by atoms with Gasteiger partial charge in [-0.3, -0.25) is 4.79 Å². The first-order valence-electron chi connectivity index (χ1n) is 6.72. The van der Waals surface area contributed by atoms with Crippen molar-refractivity contribution in [3.05, 3.63) is 45.7 Å². The molecule has 5 heteroatoms. The van der Waals surface area contributed by atoms with Crippen LogP contribution >= 0.6 is 27.3 Å². The van der Waals surface area contributed by atoms with Gasteiger partial charge in [0, 0.05) is 36.7 Å². The number of amides is 1. The monoisotopic (exact) mass is 367 g/mol. The van der Waals surface area contributed by atoms with Gasteiger partial charge in [-0.25, -0.2) is 0 Å². The molecule has 0 atom stereocenters. The van der Waals surface area contributed by atoms with E-state index in [1.807, 2.05) is 43.4 Å². The molecule has 0 saturated heterocycles. The lowest BCUT2D eigenvalue weighted by Gasteiger charge is -2.15. The number of hydrogen-bond acceptors (Lipinski definition) is 3. The molecule has 1 amide bonds. The summed E-state index contributed by atoms with van der Waals surface area (Å²) in [4.78, 5) is 16.0. The number of benzene rings is 1. The van der Waals surface area contributed by atoms with Gasteiger partial charge < -0.3 is 9.64 Å². The predicted molar refractivity (Wildman–Crippen MR) is 90.9 cm³/mol. The van der Waals surface area contributed by atoms with Gasteiger partial charge in [-0.05, 0) is 36.2 Å². The number of hydrogen-bond donors (Lipinski definition) is 0. The van der Waals surface area contributed by atoms with E-state index in [4.69, 9.17) is 4.74 Å². The molecule has 1 aromatic heterocycles. The summed E-state index contributed by atoms with van der Waals surface area (Å²) < 4.78 is 6.06. The minimum atomic E-state index is 0.0689. The van der Waals surface area contributed by atoms with Crippen LogP contribution in [0.25, 0.3) is 10.4 Å². The van der Waals surface area contributed by atoms with Crippen LogP contribution in [-0.4, -0.2) is 38.1 Å². The molecule has 1 heterocycles. The average Bonchev–Trinajstić information content (AvgIpc) is 2.97. The second-order valence-electron chi connectivity index (χ2n) is 4.74. The van der Waals surface area contributed by atoms with E-state index in [9.17, 15) is 4.79 Å². The zero-order valence-corrected chi connectivity index (χ0v) is 14.5. The van der Waals surface area contributed by atoms with Crippen LogP contribution in [0, 0.1) is 0 Å². The Morgan fingerprint density at radius 2 is 1.95 bits per heavy atom. The number of thiophene rings is 1. The number of rotatable bonds is 6. The molecule has 2 rings (SSSR count). The Balaban J connectivity index is 2.05. The number of carbonyl (C=O) groups excluding carboxylic acids is 1. The highest BCUT2D eigenvalue weighted by Gasteiger charge is 2.14. The third-order valence-corrected chi connectivity index (χ3v) is 4.79. The maximum absolute atomic E-state index is 12.3. The van der Waals surface area contributed by atoms with Gasteiger partial charge in [-0.2, -0.15) is 0 Å². The molecule has 0 saturated carbocycles. The Kier molecular flexibility index (Phi) is 5.96. The summed E-state index contributed by atoms with van der Waals surface area (Å²) in [7, 11) is 3.50. The highest BCUT2D eigenvalue weighted by atomic mass is 79.9. The molecule has 0 fully saturated rings. The lowest BCUT2D eigenvalue weighted by Crippen LogP contribution is -2.27. The van der Waals surface area contributed by atoms with Crippen LogP contribution in [0.4, 0.5) is 0 Å². The van der Waals surface area contributed by atoms with Crippen LogP contribution in [0.3, 0.4) is 0 Å². The number of nitrogens with zero attached hydrogens (tertiary/aromatic N) is 1. The number of halogens is 1. The van der Waals surface area contributed by atoms with Gasteiger partial charge in [0.1, 0.15) is 0 Å². The second kappa shape index (κ2) is 7.73. The summed E-state index contributed by atoms with van der Waals surface area (Å²) >= 11 is 4.96. The Labute approximate surface area is 137 Å². The van der Waals surface area contributed by atoms with Gasteiger partial charge in [0.25, 0.3) is 5.91 Å². The summed E-state index contributed by atoms with van der Waals surface area (Å²) in [5.41, 5.74) is 1.13. The van der Waals surface area contributed by atoms with Crippen molar-refractivity contribution in [1.82, 2.24) is 4.90 Å². The van der Waals surface area contributed by atoms with Crippen molar-refractivity contribution in [3.8, 4) is 10.4 Å². The molecule has 0 radical (unpaired) electrons. The number of methoxy groups -OCH3 is 1. The minimum Gasteiger partial charge on any atom is -0.385 e. The van der Waals surface area contributed by atoms with E-state index >= 15 is 0 Å². The maximum Gasteiger partial charge on any atom is 0.263 e. The first kappa shape index (κ1) is 16.2. The lowest BCUT2D eigenvalue weighted by molar-refractivity contribution is 0.0784. The smallest absolute Gasteiger partial charge is 0.263 e. The molecule has 0 N–H and O–H groups in total. The molecule has 0 aliphatic carbocycles. The zero-order valence-electron chi connectivity index (χ0n) is 12.1. The van der Waals surface area contributed by atoms with Crippen LogP contribution in [-0.2, 0) is 4.74 Å². The molecule has 2 aromatic rings. The lowest BCUT2D eigenvalue weighted by atomic mass is 10.2. The van der Waals surface area contributed by atoms with Crippen molar-refractivity contribution in [2.75, 3.05) is 27.3 Å². The molecule has 0 unspecified atom stereocenters. The summed E-state index contributed by atoms with van der Waals surface area (Å²) in [6, 6.07) is 12.0. The van der Waals surface area contributed by atoms with Gasteiger partial charge in [0.2, 0.25) is 0 Å². The molecule has 0 bridgehead atoms.